The zero-order chi connectivity index (χ0) is 22.1. The van der Waals surface area contributed by atoms with Gasteiger partial charge >= 0.3 is 12.2 Å². The molecule has 0 bridgehead atoms. The van der Waals surface area contributed by atoms with Gasteiger partial charge in [0.1, 0.15) is 11.6 Å². The standard InChI is InChI=1S/C18H17F4N3O3.C2H6/c19-12-2-1-3-14-16(12)13(5-7-27-14)25-17(26)24-9-11-4-6-23-15(8-11)28-10-18(20,21)22;1-2/h1-4,6,8,13H,5,7,9-10H2,(H2,24,25,26);1-2H3. The second-order valence-electron chi connectivity index (χ2n) is 6.07. The number of nitrogens with one attached hydrogen (secondary N) is 2. The van der Waals surface area contributed by atoms with Crippen LogP contribution in [0.5, 0.6) is 11.6 Å². The minimum Gasteiger partial charge on any atom is -0.493 e. The van der Waals surface area contributed by atoms with Crippen LogP contribution in [0.15, 0.2) is 36.5 Å². The van der Waals surface area contributed by atoms with Crippen molar-refractivity contribution in [1.82, 2.24) is 15.6 Å². The first kappa shape index (κ1) is 23.2. The molecule has 1 aliphatic rings. The molecule has 2 heterocycles. The van der Waals surface area contributed by atoms with Crippen LogP contribution >= 0.6 is 0 Å². The molecule has 1 atom stereocenters. The molecule has 10 heteroatoms. The molecule has 0 fully saturated rings. The zero-order valence-corrected chi connectivity index (χ0v) is 16.6. The Balaban J connectivity index is 0.00000155. The summed E-state index contributed by atoms with van der Waals surface area (Å²) in [6, 6.07) is 6.19. The zero-order valence-electron chi connectivity index (χ0n) is 16.6. The molecule has 0 radical (unpaired) electrons. The maximum Gasteiger partial charge on any atom is 0.422 e. The van der Waals surface area contributed by atoms with Crippen LogP contribution < -0.4 is 20.1 Å². The van der Waals surface area contributed by atoms with Gasteiger partial charge in [-0.1, -0.05) is 19.9 Å². The molecule has 2 amide bonds. The fraction of sp³-hybridized carbons (Fsp3) is 0.400. The molecular formula is C20H23F4N3O3. The van der Waals surface area contributed by atoms with Crippen LogP contribution in [0.4, 0.5) is 22.4 Å². The minimum absolute atomic E-state index is 0.0318. The molecule has 1 unspecified atom stereocenters. The number of carbonyl (C=O) groups excluding carboxylic acids is 1. The quantitative estimate of drug-likeness (QED) is 0.686. The summed E-state index contributed by atoms with van der Waals surface area (Å²) in [5.74, 6) is -0.280. The molecule has 3 rings (SSSR count). The summed E-state index contributed by atoms with van der Waals surface area (Å²) in [7, 11) is 0. The largest absolute Gasteiger partial charge is 0.493 e. The highest BCUT2D eigenvalue weighted by molar-refractivity contribution is 5.74. The lowest BCUT2D eigenvalue weighted by molar-refractivity contribution is -0.154. The summed E-state index contributed by atoms with van der Waals surface area (Å²) in [5.41, 5.74) is 0.788. The molecule has 0 saturated carbocycles. The van der Waals surface area contributed by atoms with E-state index in [4.69, 9.17) is 4.74 Å². The summed E-state index contributed by atoms with van der Waals surface area (Å²) in [6.07, 6.45) is -2.78. The van der Waals surface area contributed by atoms with Crippen molar-refractivity contribution in [3.63, 3.8) is 0 Å². The van der Waals surface area contributed by atoms with Crippen molar-refractivity contribution in [2.75, 3.05) is 13.2 Å². The monoisotopic (exact) mass is 429 g/mol. The molecule has 2 N–H and O–H groups in total. The number of urea groups is 1. The Bertz CT molecular complexity index is 846. The predicted molar refractivity (Wildman–Crippen MR) is 102 cm³/mol. The fourth-order valence-electron chi connectivity index (χ4n) is 2.74. The second kappa shape index (κ2) is 10.7. The summed E-state index contributed by atoms with van der Waals surface area (Å²) in [5, 5.41) is 5.26. The van der Waals surface area contributed by atoms with Crippen molar-refractivity contribution in [3.05, 3.63) is 53.5 Å². The van der Waals surface area contributed by atoms with E-state index in [1.165, 1.54) is 30.5 Å². The van der Waals surface area contributed by atoms with Gasteiger partial charge in [-0.3, -0.25) is 0 Å². The number of alkyl halides is 3. The lowest BCUT2D eigenvalue weighted by Gasteiger charge is -2.27. The highest BCUT2D eigenvalue weighted by Crippen LogP contribution is 2.33. The van der Waals surface area contributed by atoms with Crippen LogP contribution in [0, 0.1) is 5.82 Å². The average molecular weight is 429 g/mol. The molecule has 1 aromatic heterocycles. The number of fused-ring (bicyclic) bond motifs is 1. The highest BCUT2D eigenvalue weighted by atomic mass is 19.4. The number of hydrogen-bond donors (Lipinski definition) is 2. The Kier molecular flexibility index (Phi) is 8.25. The Labute approximate surface area is 171 Å². The highest BCUT2D eigenvalue weighted by Gasteiger charge is 2.29. The molecule has 0 aliphatic carbocycles. The van der Waals surface area contributed by atoms with E-state index >= 15 is 0 Å². The molecule has 30 heavy (non-hydrogen) atoms. The van der Waals surface area contributed by atoms with Crippen LogP contribution in [-0.4, -0.2) is 30.4 Å². The Hall–Kier alpha value is -3.04. The smallest absolute Gasteiger partial charge is 0.422 e. The van der Waals surface area contributed by atoms with Crippen LogP contribution in [0.2, 0.25) is 0 Å². The Morgan fingerprint density at radius 1 is 1.30 bits per heavy atom. The van der Waals surface area contributed by atoms with Gasteiger partial charge in [0.05, 0.1) is 18.2 Å². The lowest BCUT2D eigenvalue weighted by Crippen LogP contribution is -2.39. The average Bonchev–Trinajstić information content (AvgIpc) is 2.72. The summed E-state index contributed by atoms with van der Waals surface area (Å²) in [6.45, 7) is 2.92. The van der Waals surface area contributed by atoms with Gasteiger partial charge in [0.25, 0.3) is 0 Å². The first-order chi connectivity index (χ1) is 14.3. The van der Waals surface area contributed by atoms with Crippen molar-refractivity contribution in [1.29, 1.82) is 0 Å². The number of carbonyl (C=O) groups is 1. The lowest BCUT2D eigenvalue weighted by atomic mass is 10.00. The van der Waals surface area contributed by atoms with Gasteiger partial charge in [-0.25, -0.2) is 14.2 Å². The van der Waals surface area contributed by atoms with E-state index in [1.54, 1.807) is 6.07 Å². The van der Waals surface area contributed by atoms with E-state index in [9.17, 15) is 22.4 Å². The minimum atomic E-state index is -4.47. The number of ether oxygens (including phenoxy) is 2. The van der Waals surface area contributed by atoms with Gasteiger partial charge in [-0.15, -0.1) is 0 Å². The van der Waals surface area contributed by atoms with E-state index in [0.717, 1.165) is 0 Å². The molecule has 2 aromatic rings. The van der Waals surface area contributed by atoms with Crippen LogP contribution in [0.3, 0.4) is 0 Å². The summed E-state index contributed by atoms with van der Waals surface area (Å²) < 4.78 is 60.6. The maximum absolute atomic E-state index is 14.1. The predicted octanol–water partition coefficient (Wildman–Crippen LogP) is 4.51. The van der Waals surface area contributed by atoms with Gasteiger partial charge in [-0.2, -0.15) is 13.2 Å². The van der Waals surface area contributed by atoms with Gasteiger partial charge in [0, 0.05) is 25.2 Å². The van der Waals surface area contributed by atoms with Crippen LogP contribution in [0.1, 0.15) is 37.4 Å². The number of halogens is 4. The number of nitrogens with zero attached hydrogens (tertiary/aromatic N) is 1. The van der Waals surface area contributed by atoms with E-state index < -0.39 is 30.7 Å². The normalized spacial score (nSPS) is 15.1. The molecule has 6 nitrogen and oxygen atoms in total. The third-order valence-corrected chi connectivity index (χ3v) is 3.97. The number of aromatic nitrogens is 1. The van der Waals surface area contributed by atoms with Crippen molar-refractivity contribution < 1.29 is 31.8 Å². The fourth-order valence-corrected chi connectivity index (χ4v) is 2.74. The number of rotatable bonds is 5. The Morgan fingerprint density at radius 3 is 2.80 bits per heavy atom. The van der Waals surface area contributed by atoms with Gasteiger partial charge in [-0.05, 0) is 23.8 Å². The van der Waals surface area contributed by atoms with Crippen molar-refractivity contribution in [2.24, 2.45) is 0 Å². The SMILES string of the molecule is CC.O=C(NCc1ccnc(OCC(F)(F)F)c1)NC1CCOc2cccc(F)c21. The van der Waals surface area contributed by atoms with Gasteiger partial charge < -0.3 is 20.1 Å². The molecule has 164 valence electrons. The third-order valence-electron chi connectivity index (χ3n) is 3.97. The topological polar surface area (TPSA) is 72.5 Å². The Morgan fingerprint density at radius 2 is 2.07 bits per heavy atom. The second-order valence-corrected chi connectivity index (χ2v) is 6.07. The van der Waals surface area contributed by atoms with Crippen LogP contribution in [-0.2, 0) is 6.54 Å². The van der Waals surface area contributed by atoms with Crippen molar-refractivity contribution in [3.8, 4) is 11.6 Å². The van der Waals surface area contributed by atoms with E-state index in [1.807, 2.05) is 13.8 Å². The molecule has 1 aromatic carbocycles. The molecule has 0 spiro atoms. The summed E-state index contributed by atoms with van der Waals surface area (Å²) in [4.78, 5) is 15.9. The van der Waals surface area contributed by atoms with Gasteiger partial charge in [0.2, 0.25) is 5.88 Å². The van der Waals surface area contributed by atoms with Crippen molar-refractivity contribution in [2.45, 2.75) is 39.0 Å². The van der Waals surface area contributed by atoms with E-state index in [0.29, 0.717) is 24.3 Å². The number of amides is 2. The molecule has 1 aliphatic heterocycles. The van der Waals surface area contributed by atoms with E-state index in [2.05, 4.69) is 20.4 Å². The third kappa shape index (κ3) is 6.78. The molecular weight excluding hydrogens is 406 g/mol. The van der Waals surface area contributed by atoms with E-state index in [-0.39, 0.29) is 18.0 Å². The first-order valence-electron chi connectivity index (χ1n) is 9.42. The molecule has 0 saturated heterocycles. The number of benzene rings is 1. The number of hydrogen-bond acceptors (Lipinski definition) is 4. The van der Waals surface area contributed by atoms with Crippen molar-refractivity contribution >= 4 is 6.03 Å². The maximum atomic E-state index is 14.1. The van der Waals surface area contributed by atoms with Gasteiger partial charge in [0.15, 0.2) is 6.61 Å². The first-order valence-corrected chi connectivity index (χ1v) is 9.42. The number of pyridine rings is 1. The summed E-state index contributed by atoms with van der Waals surface area (Å²) >= 11 is 0. The van der Waals surface area contributed by atoms with Crippen LogP contribution in [0.25, 0.3) is 0 Å².